The average Bonchev–Trinajstić information content (AvgIpc) is 3.04. The molecular weight excluding hydrogens is 500 g/mol. The number of hydrogen-bond acceptors (Lipinski definition) is 5. The van der Waals surface area contributed by atoms with Gasteiger partial charge in [-0.3, -0.25) is 23.1 Å². The number of halogens is 4. The van der Waals surface area contributed by atoms with Crippen molar-refractivity contribution < 1.29 is 27.1 Å². The number of imidazole rings is 1. The number of hydrogen-bond donors (Lipinski definition) is 0. The maximum absolute atomic E-state index is 14.0. The number of ether oxygens (including phenoxy) is 1. The number of rotatable bonds is 5. The minimum Gasteiger partial charge on any atom is -0.462 e. The zero-order valence-corrected chi connectivity index (χ0v) is 19.8. The lowest BCUT2D eigenvalue weighted by Crippen LogP contribution is -2.42. The van der Waals surface area contributed by atoms with Gasteiger partial charge in [-0.25, -0.2) is 18.8 Å². The summed E-state index contributed by atoms with van der Waals surface area (Å²) in [5.41, 5.74) is -3.49. The summed E-state index contributed by atoms with van der Waals surface area (Å²) in [7, 11) is 3.08. The van der Waals surface area contributed by atoms with Crippen LogP contribution in [0.1, 0.15) is 28.4 Å². The monoisotopic (exact) mass is 520 g/mol. The van der Waals surface area contributed by atoms with Crippen molar-refractivity contribution >= 4 is 17.0 Å². The molecule has 0 N–H and O–H groups in total. The fourth-order valence-corrected chi connectivity index (χ4v) is 4.01. The van der Waals surface area contributed by atoms with Crippen molar-refractivity contribution in [2.45, 2.75) is 19.6 Å². The van der Waals surface area contributed by atoms with Gasteiger partial charge >= 0.3 is 23.5 Å². The molecule has 0 aliphatic carbocycles. The Balaban J connectivity index is 1.96. The van der Waals surface area contributed by atoms with Gasteiger partial charge in [0.15, 0.2) is 0 Å². The van der Waals surface area contributed by atoms with E-state index in [2.05, 4.69) is 0 Å². The zero-order valence-electron chi connectivity index (χ0n) is 19.8. The van der Waals surface area contributed by atoms with Crippen LogP contribution in [0, 0.1) is 5.82 Å². The van der Waals surface area contributed by atoms with Crippen LogP contribution in [0.3, 0.4) is 0 Å². The van der Waals surface area contributed by atoms with Gasteiger partial charge in [0.2, 0.25) is 0 Å². The van der Waals surface area contributed by atoms with E-state index < -0.39 is 46.9 Å². The Morgan fingerprint density at radius 3 is 2.27 bits per heavy atom. The van der Waals surface area contributed by atoms with Gasteiger partial charge in [-0.1, -0.05) is 0 Å². The lowest BCUT2D eigenvalue weighted by molar-refractivity contribution is -0.137. The van der Waals surface area contributed by atoms with E-state index in [0.717, 1.165) is 16.8 Å². The Bertz CT molecular complexity index is 1730. The summed E-state index contributed by atoms with van der Waals surface area (Å²) in [6.45, 7) is 0.661. The van der Waals surface area contributed by atoms with Crippen molar-refractivity contribution in [2.24, 2.45) is 14.1 Å². The molecule has 9 nitrogen and oxygen atoms in total. The van der Waals surface area contributed by atoms with Gasteiger partial charge in [-0.15, -0.1) is 0 Å². The third-order valence-corrected chi connectivity index (χ3v) is 5.83. The molecule has 37 heavy (non-hydrogen) atoms. The van der Waals surface area contributed by atoms with E-state index in [9.17, 15) is 36.7 Å². The Kier molecular flexibility index (Phi) is 6.40. The van der Waals surface area contributed by atoms with Crippen molar-refractivity contribution in [3.05, 3.63) is 96.4 Å². The minimum absolute atomic E-state index is 0.0890. The number of aryl methyl sites for hydroxylation is 2. The Labute approximate surface area is 205 Å². The molecule has 4 rings (SSSR count). The van der Waals surface area contributed by atoms with Crippen LogP contribution in [0.4, 0.5) is 17.6 Å². The molecule has 0 amide bonds. The van der Waals surface area contributed by atoms with Crippen LogP contribution in [0.5, 0.6) is 0 Å². The summed E-state index contributed by atoms with van der Waals surface area (Å²) >= 11 is 0. The van der Waals surface area contributed by atoms with E-state index in [1.165, 1.54) is 35.2 Å². The number of alkyl halides is 3. The molecule has 2 aromatic carbocycles. The summed E-state index contributed by atoms with van der Waals surface area (Å²) in [5.74, 6) is -2.27. The number of aromatic nitrogens is 4. The first-order valence-corrected chi connectivity index (χ1v) is 10.9. The van der Waals surface area contributed by atoms with E-state index in [1.807, 2.05) is 0 Å². The molecule has 0 bridgehead atoms. The van der Waals surface area contributed by atoms with Crippen LogP contribution in [-0.4, -0.2) is 30.8 Å². The minimum atomic E-state index is -4.87. The first-order valence-electron chi connectivity index (χ1n) is 10.9. The Hall–Kier alpha value is -4.42. The number of fused-ring (bicyclic) bond motifs is 1. The van der Waals surface area contributed by atoms with Crippen molar-refractivity contribution in [1.82, 2.24) is 18.3 Å². The highest BCUT2D eigenvalue weighted by atomic mass is 19.4. The average molecular weight is 520 g/mol. The second kappa shape index (κ2) is 9.22. The number of carbonyl (C=O) groups excluding carboxylic acids is 1. The summed E-state index contributed by atoms with van der Waals surface area (Å²) in [6, 6.07) is 6.16. The molecule has 0 fully saturated rings. The van der Waals surface area contributed by atoms with Gasteiger partial charge in [-0.05, 0) is 48.9 Å². The van der Waals surface area contributed by atoms with Crippen LogP contribution in [0.15, 0.2) is 57.0 Å². The molecule has 2 aromatic heterocycles. The normalized spacial score (nSPS) is 11.8. The second-order valence-electron chi connectivity index (χ2n) is 8.23. The van der Waals surface area contributed by atoms with Gasteiger partial charge < -0.3 is 4.74 Å². The third kappa shape index (κ3) is 4.59. The Morgan fingerprint density at radius 1 is 0.946 bits per heavy atom. The van der Waals surface area contributed by atoms with E-state index in [1.54, 1.807) is 13.1 Å². The quantitative estimate of drug-likeness (QED) is 0.298. The molecule has 0 aliphatic rings. The molecule has 4 aromatic rings. The summed E-state index contributed by atoms with van der Waals surface area (Å²) in [5, 5.41) is 0. The first kappa shape index (κ1) is 25.7. The highest BCUT2D eigenvalue weighted by molar-refractivity contribution is 5.88. The molecule has 0 unspecified atom stereocenters. The zero-order chi connectivity index (χ0) is 27.2. The highest BCUT2D eigenvalue weighted by Gasteiger charge is 2.31. The summed E-state index contributed by atoms with van der Waals surface area (Å²) in [4.78, 5) is 51.2. The fourth-order valence-electron chi connectivity index (χ4n) is 4.01. The van der Waals surface area contributed by atoms with Gasteiger partial charge in [0.1, 0.15) is 11.4 Å². The Morgan fingerprint density at radius 2 is 1.62 bits per heavy atom. The van der Waals surface area contributed by atoms with Gasteiger partial charge in [0.05, 0.1) is 35.4 Å². The summed E-state index contributed by atoms with van der Waals surface area (Å²) in [6.07, 6.45) is -3.90. The van der Waals surface area contributed by atoms with E-state index >= 15 is 0 Å². The van der Waals surface area contributed by atoms with Crippen LogP contribution in [0.2, 0.25) is 0 Å². The second-order valence-corrected chi connectivity index (χ2v) is 8.23. The SMILES string of the molecule is CCOC(=O)c1cn(-c2ccc3c(c2)n(C)c(=O)n3C)c(=O)n(Cc2cc(F)cc(C(F)(F)F)c2)c1=O. The largest absolute Gasteiger partial charge is 0.462 e. The molecule has 0 saturated heterocycles. The number of esters is 1. The van der Waals surface area contributed by atoms with Gasteiger partial charge in [0.25, 0.3) is 5.56 Å². The standard InChI is InChI=1S/C24H20F4N4O5/c1-4-37-21(34)17-12-31(16-5-6-18-19(10-16)30(3)22(35)29(18)2)23(36)32(20(17)33)11-13-7-14(24(26,27)28)9-15(25)8-13/h5-10,12H,4,11H2,1-3H3. The van der Waals surface area contributed by atoms with Crippen LogP contribution >= 0.6 is 0 Å². The van der Waals surface area contributed by atoms with Crippen molar-refractivity contribution in [1.29, 1.82) is 0 Å². The van der Waals surface area contributed by atoms with Gasteiger partial charge in [-0.2, -0.15) is 13.2 Å². The van der Waals surface area contributed by atoms with Crippen LogP contribution < -0.4 is 16.9 Å². The molecule has 0 aliphatic heterocycles. The molecule has 194 valence electrons. The molecule has 0 atom stereocenters. The molecule has 0 radical (unpaired) electrons. The lowest BCUT2D eigenvalue weighted by Gasteiger charge is -2.14. The smallest absolute Gasteiger partial charge is 0.416 e. The molecule has 0 spiro atoms. The predicted molar refractivity (Wildman–Crippen MR) is 124 cm³/mol. The molecule has 2 heterocycles. The maximum Gasteiger partial charge on any atom is 0.416 e. The van der Waals surface area contributed by atoms with E-state index in [-0.39, 0.29) is 23.5 Å². The molecule has 0 saturated carbocycles. The number of nitrogens with zero attached hydrogens (tertiary/aromatic N) is 4. The van der Waals surface area contributed by atoms with Crippen LogP contribution in [0.25, 0.3) is 16.7 Å². The highest BCUT2D eigenvalue weighted by Crippen LogP contribution is 2.30. The number of benzene rings is 2. The number of carbonyl (C=O) groups is 1. The predicted octanol–water partition coefficient (Wildman–Crippen LogP) is 2.57. The van der Waals surface area contributed by atoms with Crippen molar-refractivity contribution in [2.75, 3.05) is 6.61 Å². The molecule has 13 heteroatoms. The lowest BCUT2D eigenvalue weighted by atomic mass is 10.1. The van der Waals surface area contributed by atoms with Crippen LogP contribution in [-0.2, 0) is 31.6 Å². The fraction of sp³-hybridized carbons (Fsp3) is 0.250. The topological polar surface area (TPSA) is 97.2 Å². The van der Waals surface area contributed by atoms with Crippen molar-refractivity contribution in [3.63, 3.8) is 0 Å². The van der Waals surface area contributed by atoms with Crippen molar-refractivity contribution in [3.8, 4) is 5.69 Å². The van der Waals surface area contributed by atoms with E-state index in [0.29, 0.717) is 27.7 Å². The summed E-state index contributed by atoms with van der Waals surface area (Å²) < 4.78 is 62.6. The third-order valence-electron chi connectivity index (χ3n) is 5.83. The van der Waals surface area contributed by atoms with Gasteiger partial charge in [0, 0.05) is 20.3 Å². The van der Waals surface area contributed by atoms with E-state index in [4.69, 9.17) is 4.74 Å². The first-order chi connectivity index (χ1) is 17.3. The maximum atomic E-state index is 14.0. The molecular formula is C24H20F4N4O5.